The lowest BCUT2D eigenvalue weighted by atomic mass is 9.62. The van der Waals surface area contributed by atoms with E-state index in [4.69, 9.17) is 0 Å². The zero-order chi connectivity index (χ0) is 24.7. The maximum Gasteiger partial charge on any atom is 0.223 e. The second kappa shape index (κ2) is 8.83. The smallest absolute Gasteiger partial charge is 0.223 e. The summed E-state index contributed by atoms with van der Waals surface area (Å²) in [4.78, 5) is 20.8. The number of aromatic nitrogens is 1. The van der Waals surface area contributed by atoms with Crippen LogP contribution in [-0.2, 0) is 10.4 Å². The summed E-state index contributed by atoms with van der Waals surface area (Å²) in [5.41, 5.74) is 1.53. The highest BCUT2D eigenvalue weighted by Crippen LogP contribution is 2.50. The lowest BCUT2D eigenvalue weighted by Crippen LogP contribution is -2.63. The van der Waals surface area contributed by atoms with Crippen LogP contribution in [0.5, 0.6) is 0 Å². The van der Waals surface area contributed by atoms with Gasteiger partial charge in [-0.2, -0.15) is 0 Å². The monoisotopic (exact) mass is 459 g/mol. The molecule has 2 aliphatic heterocycles. The van der Waals surface area contributed by atoms with E-state index in [1.54, 1.807) is 12.4 Å². The number of rotatable bonds is 5. The largest absolute Gasteiger partial charge is 0.380 e. The van der Waals surface area contributed by atoms with Gasteiger partial charge in [0.05, 0.1) is 5.54 Å². The molecule has 0 spiro atoms. The SMILES string of the molecule is CC(C)c1ccc([C@](O)(c2cncc(C#CC(C)(C)N3CCCC3=O)c2)C2(C)CN(C)C2)cc1. The quantitative estimate of drug-likeness (QED) is 0.683. The van der Waals surface area contributed by atoms with E-state index < -0.39 is 11.1 Å². The van der Waals surface area contributed by atoms with Crippen molar-refractivity contribution >= 4 is 5.91 Å². The van der Waals surface area contributed by atoms with E-state index in [0.717, 1.165) is 42.7 Å². The Morgan fingerprint density at radius 1 is 1.12 bits per heavy atom. The number of carbonyl (C=O) groups excluding carboxylic acids is 1. The predicted octanol–water partition coefficient (Wildman–Crippen LogP) is 4.15. The number of amides is 1. The summed E-state index contributed by atoms with van der Waals surface area (Å²) >= 11 is 0. The Balaban J connectivity index is 1.73. The minimum absolute atomic E-state index is 0.160. The zero-order valence-corrected chi connectivity index (χ0v) is 21.4. The molecule has 3 heterocycles. The highest BCUT2D eigenvalue weighted by atomic mass is 16.3. The van der Waals surface area contributed by atoms with Gasteiger partial charge in [-0.3, -0.25) is 9.78 Å². The van der Waals surface area contributed by atoms with E-state index in [2.05, 4.69) is 73.8 Å². The van der Waals surface area contributed by atoms with Crippen LogP contribution in [0.3, 0.4) is 0 Å². The number of hydrogen-bond donors (Lipinski definition) is 1. The summed E-state index contributed by atoms with van der Waals surface area (Å²) in [5.74, 6) is 7.11. The summed E-state index contributed by atoms with van der Waals surface area (Å²) in [6.07, 6.45) is 4.98. The third kappa shape index (κ3) is 4.26. The van der Waals surface area contributed by atoms with Gasteiger partial charge in [-0.05, 0) is 50.4 Å². The maximum absolute atomic E-state index is 12.4. The molecule has 2 aliphatic rings. The summed E-state index contributed by atoms with van der Waals surface area (Å²) in [5, 5.41) is 12.4. The molecule has 180 valence electrons. The molecule has 2 fully saturated rings. The molecule has 1 amide bonds. The molecule has 0 radical (unpaired) electrons. The number of carbonyl (C=O) groups is 1. The predicted molar refractivity (Wildman–Crippen MR) is 135 cm³/mol. The lowest BCUT2D eigenvalue weighted by molar-refractivity contribution is -0.130. The van der Waals surface area contributed by atoms with Crippen molar-refractivity contribution in [3.8, 4) is 11.8 Å². The fourth-order valence-corrected chi connectivity index (χ4v) is 5.58. The Labute approximate surface area is 204 Å². The van der Waals surface area contributed by atoms with Gasteiger partial charge < -0.3 is 14.9 Å². The second-order valence-electron chi connectivity index (χ2n) is 11.1. The number of nitrogens with zero attached hydrogens (tertiary/aromatic N) is 3. The molecule has 2 saturated heterocycles. The van der Waals surface area contributed by atoms with Gasteiger partial charge in [0, 0.05) is 55.0 Å². The molecule has 5 heteroatoms. The molecule has 1 N–H and O–H groups in total. The average molecular weight is 460 g/mol. The first-order valence-corrected chi connectivity index (χ1v) is 12.3. The Kier molecular flexibility index (Phi) is 6.35. The molecule has 1 aromatic carbocycles. The molecule has 2 aromatic rings. The van der Waals surface area contributed by atoms with E-state index in [0.29, 0.717) is 12.3 Å². The molecule has 0 aliphatic carbocycles. The third-order valence-electron chi connectivity index (χ3n) is 7.52. The van der Waals surface area contributed by atoms with E-state index in [1.165, 1.54) is 5.56 Å². The molecule has 4 rings (SSSR count). The number of pyridine rings is 1. The second-order valence-corrected chi connectivity index (χ2v) is 11.1. The maximum atomic E-state index is 12.4. The first-order chi connectivity index (χ1) is 16.0. The van der Waals surface area contributed by atoms with Crippen LogP contribution in [-0.4, -0.2) is 58.0 Å². The normalized spacial score (nSPS) is 20.0. The first kappa shape index (κ1) is 24.4. The van der Waals surface area contributed by atoms with Crippen LogP contribution >= 0.6 is 0 Å². The van der Waals surface area contributed by atoms with Crippen molar-refractivity contribution in [2.24, 2.45) is 5.41 Å². The van der Waals surface area contributed by atoms with E-state index >= 15 is 0 Å². The average Bonchev–Trinajstić information content (AvgIpc) is 3.23. The van der Waals surface area contributed by atoms with Gasteiger partial charge in [-0.15, -0.1) is 0 Å². The zero-order valence-electron chi connectivity index (χ0n) is 21.4. The molecule has 5 nitrogen and oxygen atoms in total. The van der Waals surface area contributed by atoms with E-state index in [-0.39, 0.29) is 11.3 Å². The molecular formula is C29H37N3O2. The fourth-order valence-electron chi connectivity index (χ4n) is 5.58. The number of benzene rings is 1. The van der Waals surface area contributed by atoms with Crippen LogP contribution in [0.4, 0.5) is 0 Å². The van der Waals surface area contributed by atoms with Crippen molar-refractivity contribution in [3.05, 3.63) is 65.0 Å². The van der Waals surface area contributed by atoms with Crippen molar-refractivity contribution in [1.82, 2.24) is 14.8 Å². The standard InChI is InChI=1S/C29H37N3O2/c1-21(2)23-9-11-24(12-10-23)29(34,28(5)19-31(6)20-28)25-16-22(17-30-18-25)13-14-27(3,4)32-15-7-8-26(32)33/h9-12,16-18,21,34H,7-8,15,19-20H2,1-6H3/t29-/m0/s1. The van der Waals surface area contributed by atoms with Crippen molar-refractivity contribution in [1.29, 1.82) is 0 Å². The first-order valence-electron chi connectivity index (χ1n) is 12.3. The van der Waals surface area contributed by atoms with E-state index in [9.17, 15) is 9.90 Å². The third-order valence-corrected chi connectivity index (χ3v) is 7.52. The van der Waals surface area contributed by atoms with Crippen molar-refractivity contribution < 1.29 is 9.90 Å². The van der Waals surface area contributed by atoms with Crippen molar-refractivity contribution in [2.45, 2.75) is 64.5 Å². The topological polar surface area (TPSA) is 56.7 Å². The summed E-state index contributed by atoms with van der Waals surface area (Å²) in [6, 6.07) is 10.3. The Hall–Kier alpha value is -2.68. The van der Waals surface area contributed by atoms with Crippen LogP contribution in [0.25, 0.3) is 0 Å². The van der Waals surface area contributed by atoms with Crippen molar-refractivity contribution in [3.63, 3.8) is 0 Å². The number of likely N-dealkylation sites (tertiary alicyclic amines) is 2. The van der Waals surface area contributed by atoms with E-state index in [1.807, 2.05) is 24.8 Å². The van der Waals surface area contributed by atoms with Crippen molar-refractivity contribution in [2.75, 3.05) is 26.7 Å². The highest BCUT2D eigenvalue weighted by Gasteiger charge is 2.55. The molecule has 1 atom stereocenters. The Bertz CT molecular complexity index is 1120. The minimum Gasteiger partial charge on any atom is -0.380 e. The summed E-state index contributed by atoms with van der Waals surface area (Å²) < 4.78 is 0. The van der Waals surface area contributed by atoms with Gasteiger partial charge in [-0.25, -0.2) is 0 Å². The van der Waals surface area contributed by atoms with Crippen LogP contribution < -0.4 is 0 Å². The van der Waals surface area contributed by atoms with Crippen LogP contribution in [0.1, 0.15) is 75.6 Å². The summed E-state index contributed by atoms with van der Waals surface area (Å²) in [7, 11) is 2.08. The molecule has 34 heavy (non-hydrogen) atoms. The fraction of sp³-hybridized carbons (Fsp3) is 0.517. The Morgan fingerprint density at radius 3 is 2.35 bits per heavy atom. The van der Waals surface area contributed by atoms with Gasteiger partial charge in [-0.1, -0.05) is 56.9 Å². The van der Waals surface area contributed by atoms with Gasteiger partial charge in [0.15, 0.2) is 0 Å². The van der Waals surface area contributed by atoms with Crippen LogP contribution in [0.2, 0.25) is 0 Å². The number of aliphatic hydroxyl groups is 1. The minimum atomic E-state index is -1.19. The molecule has 1 aromatic heterocycles. The molecule has 0 saturated carbocycles. The summed E-state index contributed by atoms with van der Waals surface area (Å²) in [6.45, 7) is 12.8. The molecule has 0 bridgehead atoms. The van der Waals surface area contributed by atoms with Gasteiger partial charge in [0.2, 0.25) is 5.91 Å². The lowest BCUT2D eigenvalue weighted by Gasteiger charge is -2.55. The van der Waals surface area contributed by atoms with Crippen LogP contribution in [0.15, 0.2) is 42.7 Å². The highest BCUT2D eigenvalue weighted by molar-refractivity contribution is 5.79. The van der Waals surface area contributed by atoms with Gasteiger partial charge >= 0.3 is 0 Å². The Morgan fingerprint density at radius 2 is 1.79 bits per heavy atom. The van der Waals surface area contributed by atoms with Gasteiger partial charge in [0.25, 0.3) is 0 Å². The van der Waals surface area contributed by atoms with Gasteiger partial charge in [0.1, 0.15) is 5.60 Å². The van der Waals surface area contributed by atoms with Crippen LogP contribution in [0, 0.1) is 17.3 Å². The number of hydrogen-bond acceptors (Lipinski definition) is 4. The molecular weight excluding hydrogens is 422 g/mol. The molecule has 0 unspecified atom stereocenters.